The minimum Gasteiger partial charge on any atom is -0.456 e. The van der Waals surface area contributed by atoms with Crippen molar-refractivity contribution in [1.82, 2.24) is 0 Å². The van der Waals surface area contributed by atoms with E-state index in [9.17, 15) is 4.79 Å². The zero-order valence-electron chi connectivity index (χ0n) is 15.7. The van der Waals surface area contributed by atoms with Gasteiger partial charge in [0.2, 0.25) is 0 Å². The van der Waals surface area contributed by atoms with E-state index in [2.05, 4.69) is 0 Å². The number of halogens is 2. The molecule has 148 valence electrons. The molecule has 0 unspecified atom stereocenters. The SMILES string of the molecule is O=C(c1ccc(Oc2ccccc2Cl)cc1)c1ccc(Oc2ccccc2Cl)cc1. The zero-order valence-corrected chi connectivity index (χ0v) is 17.2. The first-order valence-corrected chi connectivity index (χ1v) is 9.95. The van der Waals surface area contributed by atoms with Crippen molar-refractivity contribution >= 4 is 29.0 Å². The van der Waals surface area contributed by atoms with Crippen LogP contribution >= 0.6 is 23.2 Å². The van der Waals surface area contributed by atoms with E-state index in [1.807, 2.05) is 24.3 Å². The normalized spacial score (nSPS) is 10.5. The molecule has 0 aromatic heterocycles. The van der Waals surface area contributed by atoms with Gasteiger partial charge in [-0.25, -0.2) is 0 Å². The molecule has 0 aliphatic carbocycles. The summed E-state index contributed by atoms with van der Waals surface area (Å²) in [5.41, 5.74) is 1.11. The second kappa shape index (κ2) is 9.04. The second-order valence-electron chi connectivity index (χ2n) is 6.44. The Labute approximate surface area is 184 Å². The van der Waals surface area contributed by atoms with E-state index in [0.717, 1.165) is 0 Å². The monoisotopic (exact) mass is 434 g/mol. The van der Waals surface area contributed by atoms with E-state index in [-0.39, 0.29) is 5.78 Å². The number of ether oxygens (including phenoxy) is 2. The van der Waals surface area contributed by atoms with Crippen LogP contribution in [0.5, 0.6) is 23.0 Å². The van der Waals surface area contributed by atoms with Crippen molar-refractivity contribution in [3.63, 3.8) is 0 Å². The van der Waals surface area contributed by atoms with E-state index in [0.29, 0.717) is 44.2 Å². The van der Waals surface area contributed by atoms with Crippen LogP contribution in [-0.2, 0) is 0 Å². The number of ketones is 1. The average molecular weight is 435 g/mol. The van der Waals surface area contributed by atoms with Gasteiger partial charge in [-0.05, 0) is 72.8 Å². The Morgan fingerprint density at radius 2 is 0.900 bits per heavy atom. The Kier molecular flexibility index (Phi) is 6.03. The van der Waals surface area contributed by atoms with E-state index < -0.39 is 0 Å². The summed E-state index contributed by atoms with van der Waals surface area (Å²) in [7, 11) is 0. The number of hydrogen-bond donors (Lipinski definition) is 0. The average Bonchev–Trinajstić information content (AvgIpc) is 2.77. The molecular formula is C25H16Cl2O3. The topological polar surface area (TPSA) is 35.5 Å². The lowest BCUT2D eigenvalue weighted by Crippen LogP contribution is -2.01. The third-order valence-electron chi connectivity index (χ3n) is 4.36. The summed E-state index contributed by atoms with van der Waals surface area (Å²) in [5.74, 6) is 2.23. The Bertz CT molecular complexity index is 1080. The minimum absolute atomic E-state index is 0.0939. The largest absolute Gasteiger partial charge is 0.456 e. The summed E-state index contributed by atoms with van der Waals surface area (Å²) in [4.78, 5) is 12.8. The van der Waals surface area contributed by atoms with Crippen molar-refractivity contribution in [2.75, 3.05) is 0 Å². The molecule has 0 atom stereocenters. The molecule has 5 heteroatoms. The van der Waals surface area contributed by atoms with Crippen LogP contribution in [0.3, 0.4) is 0 Å². The fraction of sp³-hybridized carbons (Fsp3) is 0. The summed E-state index contributed by atoms with van der Waals surface area (Å²) in [6.07, 6.45) is 0. The van der Waals surface area contributed by atoms with E-state index in [1.54, 1.807) is 72.8 Å². The molecule has 0 saturated carbocycles. The standard InChI is InChI=1S/C25H16Cl2O3/c26-21-5-1-3-7-23(21)29-19-13-9-17(10-14-19)25(28)18-11-15-20(16-12-18)30-24-8-4-2-6-22(24)27/h1-16H. The van der Waals surface area contributed by atoms with Gasteiger partial charge in [-0.15, -0.1) is 0 Å². The maximum absolute atomic E-state index is 12.8. The van der Waals surface area contributed by atoms with Crippen LogP contribution in [0.1, 0.15) is 15.9 Å². The molecule has 0 fully saturated rings. The van der Waals surface area contributed by atoms with Gasteiger partial charge in [0.15, 0.2) is 5.78 Å². The van der Waals surface area contributed by atoms with Crippen molar-refractivity contribution in [3.05, 3.63) is 118 Å². The fourth-order valence-electron chi connectivity index (χ4n) is 2.82. The maximum atomic E-state index is 12.8. The van der Waals surface area contributed by atoms with Gasteiger partial charge in [0.25, 0.3) is 0 Å². The molecule has 0 heterocycles. The van der Waals surface area contributed by atoms with Crippen LogP contribution in [0.2, 0.25) is 10.0 Å². The highest BCUT2D eigenvalue weighted by molar-refractivity contribution is 6.32. The number of carbonyl (C=O) groups is 1. The number of rotatable bonds is 6. The Balaban J connectivity index is 1.45. The first kappa shape index (κ1) is 20.0. The van der Waals surface area contributed by atoms with Gasteiger partial charge >= 0.3 is 0 Å². The predicted octanol–water partition coefficient (Wildman–Crippen LogP) is 7.81. The summed E-state index contributed by atoms with van der Waals surface area (Å²) >= 11 is 12.2. The lowest BCUT2D eigenvalue weighted by molar-refractivity contribution is 0.103. The van der Waals surface area contributed by atoms with Crippen molar-refractivity contribution in [1.29, 1.82) is 0 Å². The van der Waals surface area contributed by atoms with Gasteiger partial charge in [0.1, 0.15) is 23.0 Å². The molecule has 30 heavy (non-hydrogen) atoms. The molecule has 0 N–H and O–H groups in total. The summed E-state index contributed by atoms with van der Waals surface area (Å²) in [5, 5.41) is 1.05. The molecule has 0 saturated heterocycles. The van der Waals surface area contributed by atoms with Crippen LogP contribution in [0.15, 0.2) is 97.1 Å². The Morgan fingerprint density at radius 1 is 0.533 bits per heavy atom. The molecule has 4 aromatic rings. The molecule has 0 amide bonds. The van der Waals surface area contributed by atoms with Gasteiger partial charge in [-0.3, -0.25) is 4.79 Å². The number of carbonyl (C=O) groups excluding carboxylic acids is 1. The quantitative estimate of drug-likeness (QED) is 0.290. The van der Waals surface area contributed by atoms with Gasteiger partial charge < -0.3 is 9.47 Å². The number of hydrogen-bond acceptors (Lipinski definition) is 3. The Morgan fingerprint density at radius 3 is 1.27 bits per heavy atom. The Hall–Kier alpha value is -3.27. The van der Waals surface area contributed by atoms with Crippen molar-refractivity contribution < 1.29 is 14.3 Å². The molecule has 0 bridgehead atoms. The molecular weight excluding hydrogens is 419 g/mol. The summed E-state index contributed by atoms with van der Waals surface area (Å²) in [6.45, 7) is 0. The van der Waals surface area contributed by atoms with Gasteiger partial charge in [0.05, 0.1) is 10.0 Å². The van der Waals surface area contributed by atoms with Crippen molar-refractivity contribution in [2.24, 2.45) is 0 Å². The first-order chi connectivity index (χ1) is 14.6. The van der Waals surface area contributed by atoms with Crippen LogP contribution in [-0.4, -0.2) is 5.78 Å². The van der Waals surface area contributed by atoms with Crippen molar-refractivity contribution in [2.45, 2.75) is 0 Å². The van der Waals surface area contributed by atoms with Crippen molar-refractivity contribution in [3.8, 4) is 23.0 Å². The third-order valence-corrected chi connectivity index (χ3v) is 4.99. The molecule has 0 spiro atoms. The van der Waals surface area contributed by atoms with Crippen LogP contribution in [0.4, 0.5) is 0 Å². The smallest absolute Gasteiger partial charge is 0.193 e. The maximum Gasteiger partial charge on any atom is 0.193 e. The van der Waals surface area contributed by atoms with Gasteiger partial charge in [-0.1, -0.05) is 47.5 Å². The van der Waals surface area contributed by atoms with E-state index >= 15 is 0 Å². The summed E-state index contributed by atoms with van der Waals surface area (Å²) < 4.78 is 11.5. The zero-order chi connectivity index (χ0) is 20.9. The molecule has 0 radical (unpaired) electrons. The third kappa shape index (κ3) is 4.65. The highest BCUT2D eigenvalue weighted by Gasteiger charge is 2.11. The van der Waals surface area contributed by atoms with Gasteiger partial charge in [0, 0.05) is 11.1 Å². The van der Waals surface area contributed by atoms with Gasteiger partial charge in [-0.2, -0.15) is 0 Å². The lowest BCUT2D eigenvalue weighted by Gasteiger charge is -2.09. The molecule has 0 aliphatic heterocycles. The highest BCUT2D eigenvalue weighted by atomic mass is 35.5. The number of benzene rings is 4. The first-order valence-electron chi connectivity index (χ1n) is 9.20. The molecule has 4 rings (SSSR count). The minimum atomic E-state index is -0.0939. The number of para-hydroxylation sites is 2. The lowest BCUT2D eigenvalue weighted by atomic mass is 10.0. The molecule has 0 aliphatic rings. The van der Waals surface area contributed by atoms with E-state index in [1.165, 1.54) is 0 Å². The fourth-order valence-corrected chi connectivity index (χ4v) is 3.17. The molecule has 4 aromatic carbocycles. The predicted molar refractivity (Wildman–Crippen MR) is 119 cm³/mol. The molecule has 3 nitrogen and oxygen atoms in total. The summed E-state index contributed by atoms with van der Waals surface area (Å²) in [6, 6.07) is 28.3. The second-order valence-corrected chi connectivity index (χ2v) is 7.26. The van der Waals surface area contributed by atoms with Crippen LogP contribution in [0, 0.1) is 0 Å². The van der Waals surface area contributed by atoms with E-state index in [4.69, 9.17) is 32.7 Å². The van der Waals surface area contributed by atoms with Crippen LogP contribution < -0.4 is 9.47 Å². The van der Waals surface area contributed by atoms with Crippen LogP contribution in [0.25, 0.3) is 0 Å². The highest BCUT2D eigenvalue weighted by Crippen LogP contribution is 2.30.